The molecule has 12 heteroatoms. The Bertz CT molecular complexity index is 1580. The van der Waals surface area contributed by atoms with E-state index >= 15 is 0 Å². The zero-order valence-electron chi connectivity index (χ0n) is 22.3. The number of carbonyl (C=O) groups excluding carboxylic acids is 2. The van der Waals surface area contributed by atoms with Crippen molar-refractivity contribution >= 4 is 57.7 Å². The van der Waals surface area contributed by atoms with Crippen molar-refractivity contribution in [1.29, 1.82) is 0 Å². The average molecular weight is 721 g/mol. The maximum atomic E-state index is 13.9. The Hall–Kier alpha value is -3.16. The standard InChI is InChI=1S/C30H27Cl2IN4O5/c1-16(17-5-3-2-4-6-17)26(28-34-25(27(32)36-28)22-12-9-19(33)13-23(22)31)37-29(40)24(35-30(37)41)18-7-10-20(11-8-18)42-21(14-38)15-39/h2-13,16,21,24,26,38-39H,14-15H2,1H3,(H,34,36)(H,35,41)/t16-,24+,26-/m0/s1. The molecule has 3 atom stereocenters. The molecule has 1 aliphatic heterocycles. The normalized spacial score (nSPS) is 16.5. The smallest absolute Gasteiger partial charge is 0.325 e. The van der Waals surface area contributed by atoms with E-state index < -0.39 is 30.1 Å². The number of halogens is 3. The molecule has 1 aliphatic rings. The second kappa shape index (κ2) is 13.0. The van der Waals surface area contributed by atoms with Crippen LogP contribution < -0.4 is 10.1 Å². The topological polar surface area (TPSA) is 128 Å². The largest absolute Gasteiger partial charge is 0.486 e. The quantitative estimate of drug-likeness (QED) is 0.120. The van der Waals surface area contributed by atoms with Gasteiger partial charge in [-0.05, 0) is 58.0 Å². The van der Waals surface area contributed by atoms with Crippen molar-refractivity contribution in [3.05, 3.63) is 103 Å². The van der Waals surface area contributed by atoms with Crippen molar-refractivity contribution in [3.8, 4) is 17.0 Å². The van der Waals surface area contributed by atoms with Crippen LogP contribution in [0.4, 0.5) is 4.79 Å². The van der Waals surface area contributed by atoms with Gasteiger partial charge in [-0.15, -0.1) is 0 Å². The van der Waals surface area contributed by atoms with E-state index in [9.17, 15) is 19.8 Å². The van der Waals surface area contributed by atoms with Gasteiger partial charge in [-0.3, -0.25) is 9.69 Å². The molecule has 0 saturated carbocycles. The lowest BCUT2D eigenvalue weighted by Gasteiger charge is -2.29. The first-order valence-corrected chi connectivity index (χ1v) is 14.9. The number of urea groups is 1. The number of amides is 3. The zero-order chi connectivity index (χ0) is 30.0. The van der Waals surface area contributed by atoms with E-state index in [4.69, 9.17) is 27.9 Å². The number of aromatic amines is 1. The monoisotopic (exact) mass is 720 g/mol. The number of nitrogens with one attached hydrogen (secondary N) is 2. The minimum Gasteiger partial charge on any atom is -0.486 e. The summed E-state index contributed by atoms with van der Waals surface area (Å²) in [6, 6.07) is 19.3. The van der Waals surface area contributed by atoms with Gasteiger partial charge in [-0.25, -0.2) is 9.78 Å². The molecule has 5 rings (SSSR count). The van der Waals surface area contributed by atoms with Gasteiger partial charge in [0.05, 0.1) is 23.9 Å². The molecule has 1 saturated heterocycles. The number of imidazole rings is 1. The summed E-state index contributed by atoms with van der Waals surface area (Å²) in [6.45, 7) is 1.23. The van der Waals surface area contributed by atoms with E-state index in [1.807, 2.05) is 55.5 Å². The highest BCUT2D eigenvalue weighted by Gasteiger charge is 2.46. The first-order valence-electron chi connectivity index (χ1n) is 13.1. The number of benzene rings is 3. The van der Waals surface area contributed by atoms with Gasteiger partial charge in [0, 0.05) is 15.1 Å². The molecule has 2 heterocycles. The van der Waals surface area contributed by atoms with Crippen LogP contribution in [0.25, 0.3) is 11.3 Å². The lowest BCUT2D eigenvalue weighted by atomic mass is 9.91. The highest BCUT2D eigenvalue weighted by molar-refractivity contribution is 14.1. The second-order valence-electron chi connectivity index (χ2n) is 9.82. The van der Waals surface area contributed by atoms with Gasteiger partial charge in [0.1, 0.15) is 29.8 Å². The van der Waals surface area contributed by atoms with Gasteiger partial charge < -0.3 is 25.3 Å². The van der Waals surface area contributed by atoms with E-state index in [0.717, 1.165) is 9.13 Å². The third kappa shape index (κ3) is 6.13. The Kier molecular flexibility index (Phi) is 9.38. The first kappa shape index (κ1) is 30.3. The van der Waals surface area contributed by atoms with E-state index in [1.54, 1.807) is 24.3 Å². The Balaban J connectivity index is 1.51. The lowest BCUT2D eigenvalue weighted by molar-refractivity contribution is -0.129. The van der Waals surface area contributed by atoms with Gasteiger partial charge in [0.2, 0.25) is 0 Å². The molecule has 3 amide bonds. The van der Waals surface area contributed by atoms with Crippen LogP contribution in [0.5, 0.6) is 5.75 Å². The number of imide groups is 1. The molecule has 0 unspecified atom stereocenters. The van der Waals surface area contributed by atoms with Crippen molar-refractivity contribution in [2.75, 3.05) is 13.2 Å². The van der Waals surface area contributed by atoms with Crippen molar-refractivity contribution < 1.29 is 24.5 Å². The number of aromatic nitrogens is 2. The number of hydrogen-bond donors (Lipinski definition) is 4. The average Bonchev–Trinajstić information content (AvgIpc) is 3.51. The molecule has 0 spiro atoms. The highest BCUT2D eigenvalue weighted by Crippen LogP contribution is 2.41. The summed E-state index contributed by atoms with van der Waals surface area (Å²) in [5.41, 5.74) is 2.58. The Morgan fingerprint density at radius 1 is 1.02 bits per heavy atom. The van der Waals surface area contributed by atoms with Crippen LogP contribution in [0.1, 0.15) is 41.9 Å². The number of aliphatic hydroxyl groups is 2. The zero-order valence-corrected chi connectivity index (χ0v) is 26.0. The summed E-state index contributed by atoms with van der Waals surface area (Å²) in [6.07, 6.45) is -0.765. The molecule has 1 aromatic heterocycles. The maximum absolute atomic E-state index is 13.9. The van der Waals surface area contributed by atoms with Crippen LogP contribution in [-0.2, 0) is 4.79 Å². The number of aliphatic hydroxyl groups excluding tert-OH is 2. The number of nitrogens with zero attached hydrogens (tertiary/aromatic N) is 2. The van der Waals surface area contributed by atoms with Crippen LogP contribution >= 0.6 is 45.8 Å². The first-order chi connectivity index (χ1) is 20.2. The number of H-pyrrole nitrogens is 1. The van der Waals surface area contributed by atoms with E-state index in [-0.39, 0.29) is 24.3 Å². The minimum absolute atomic E-state index is 0.168. The van der Waals surface area contributed by atoms with Gasteiger partial charge in [-0.1, -0.05) is 78.7 Å². The van der Waals surface area contributed by atoms with Gasteiger partial charge in [-0.2, -0.15) is 0 Å². The molecular weight excluding hydrogens is 694 g/mol. The number of ether oxygens (including phenoxy) is 1. The van der Waals surface area contributed by atoms with E-state index in [2.05, 4.69) is 37.9 Å². The number of carbonyl (C=O) groups is 2. The fourth-order valence-electron chi connectivity index (χ4n) is 4.95. The van der Waals surface area contributed by atoms with Crippen molar-refractivity contribution in [2.45, 2.75) is 31.0 Å². The fraction of sp³-hybridized carbons (Fsp3) is 0.233. The van der Waals surface area contributed by atoms with Gasteiger partial charge in [0.15, 0.2) is 5.15 Å². The van der Waals surface area contributed by atoms with Crippen molar-refractivity contribution in [3.63, 3.8) is 0 Å². The summed E-state index contributed by atoms with van der Waals surface area (Å²) < 4.78 is 6.48. The predicted octanol–water partition coefficient (Wildman–Crippen LogP) is 5.86. The highest BCUT2D eigenvalue weighted by atomic mass is 127. The molecule has 4 N–H and O–H groups in total. The maximum Gasteiger partial charge on any atom is 0.325 e. The third-order valence-corrected chi connectivity index (χ3v) is 8.39. The summed E-state index contributed by atoms with van der Waals surface area (Å²) in [4.78, 5) is 36.4. The molecule has 4 aromatic rings. The molecule has 0 bridgehead atoms. The molecule has 0 aliphatic carbocycles. The van der Waals surface area contributed by atoms with Gasteiger partial charge >= 0.3 is 6.03 Å². The Morgan fingerprint density at radius 3 is 2.36 bits per heavy atom. The predicted molar refractivity (Wildman–Crippen MR) is 168 cm³/mol. The van der Waals surface area contributed by atoms with Crippen LogP contribution in [0.2, 0.25) is 10.2 Å². The van der Waals surface area contributed by atoms with Crippen molar-refractivity contribution in [2.24, 2.45) is 0 Å². The molecule has 3 aromatic carbocycles. The molecular formula is C30H27Cl2IN4O5. The molecule has 0 radical (unpaired) electrons. The van der Waals surface area contributed by atoms with Crippen LogP contribution in [0, 0.1) is 3.57 Å². The summed E-state index contributed by atoms with van der Waals surface area (Å²) >= 11 is 15.3. The van der Waals surface area contributed by atoms with E-state index in [1.165, 1.54) is 4.90 Å². The number of hydrogen-bond acceptors (Lipinski definition) is 6. The van der Waals surface area contributed by atoms with Crippen LogP contribution in [-0.4, -0.2) is 56.3 Å². The molecule has 9 nitrogen and oxygen atoms in total. The lowest BCUT2D eigenvalue weighted by Crippen LogP contribution is -2.38. The third-order valence-electron chi connectivity index (χ3n) is 7.13. The van der Waals surface area contributed by atoms with E-state index in [0.29, 0.717) is 33.4 Å². The molecule has 218 valence electrons. The summed E-state index contributed by atoms with van der Waals surface area (Å²) in [5.74, 6) is -0.0611. The Labute approximate surface area is 266 Å². The second-order valence-corrected chi connectivity index (χ2v) is 11.8. The summed E-state index contributed by atoms with van der Waals surface area (Å²) in [5, 5.41) is 22.0. The molecule has 42 heavy (non-hydrogen) atoms. The fourth-order valence-corrected chi connectivity index (χ4v) is 6.14. The van der Waals surface area contributed by atoms with Crippen LogP contribution in [0.3, 0.4) is 0 Å². The number of rotatable bonds is 10. The molecule has 1 fully saturated rings. The minimum atomic E-state index is -0.945. The Morgan fingerprint density at radius 2 is 1.71 bits per heavy atom. The van der Waals surface area contributed by atoms with Crippen molar-refractivity contribution in [1.82, 2.24) is 20.2 Å². The van der Waals surface area contributed by atoms with Gasteiger partial charge in [0.25, 0.3) is 5.91 Å². The summed E-state index contributed by atoms with van der Waals surface area (Å²) in [7, 11) is 0. The SMILES string of the molecule is C[C@@H](c1ccccc1)[C@@H](c1nc(Cl)c(-c2ccc(I)cc2Cl)[nH]1)N1C(=O)N[C@H](c2ccc(OC(CO)CO)cc2)C1=O. The van der Waals surface area contributed by atoms with Crippen LogP contribution in [0.15, 0.2) is 72.8 Å².